The molecule has 2 atom stereocenters. The van der Waals surface area contributed by atoms with Gasteiger partial charge in [-0.15, -0.1) is 0 Å². The molecule has 0 aliphatic rings. The fourth-order valence-corrected chi connectivity index (χ4v) is 1.25. The molecule has 0 aliphatic carbocycles. The van der Waals surface area contributed by atoms with Gasteiger partial charge in [-0.25, -0.2) is 0 Å². The number of benzene rings is 1. The summed E-state index contributed by atoms with van der Waals surface area (Å²) in [6.45, 7) is 2.87. The lowest BCUT2D eigenvalue weighted by atomic mass is 10.2. The van der Waals surface area contributed by atoms with E-state index in [0.29, 0.717) is 5.69 Å². The quantitative estimate of drug-likeness (QED) is 0.405. The lowest BCUT2D eigenvalue weighted by Gasteiger charge is -2.16. The molecular formula is C10H14N2O5. The summed E-state index contributed by atoms with van der Waals surface area (Å²) in [4.78, 5) is 10.0. The van der Waals surface area contributed by atoms with Crippen molar-refractivity contribution in [2.45, 2.75) is 26.4 Å². The molecule has 0 amide bonds. The Labute approximate surface area is 97.8 Å². The fourth-order valence-electron chi connectivity index (χ4n) is 1.25. The molecule has 3 N–H and O–H groups in total. The maximum atomic E-state index is 10.6. The van der Waals surface area contributed by atoms with Crippen LogP contribution in [0.1, 0.15) is 13.8 Å². The van der Waals surface area contributed by atoms with E-state index in [-0.39, 0.29) is 11.4 Å². The van der Waals surface area contributed by atoms with E-state index in [1.807, 2.05) is 0 Å². The van der Waals surface area contributed by atoms with Crippen LogP contribution in [0.3, 0.4) is 0 Å². The molecule has 7 nitrogen and oxygen atoms in total. The van der Waals surface area contributed by atoms with Gasteiger partial charge in [-0.1, -0.05) is 0 Å². The zero-order chi connectivity index (χ0) is 13.0. The molecule has 17 heavy (non-hydrogen) atoms. The van der Waals surface area contributed by atoms with Crippen LogP contribution in [0.15, 0.2) is 18.2 Å². The van der Waals surface area contributed by atoms with Crippen molar-refractivity contribution in [3.63, 3.8) is 0 Å². The van der Waals surface area contributed by atoms with Crippen LogP contribution in [-0.4, -0.2) is 27.7 Å². The molecule has 2 unspecified atom stereocenters. The zero-order valence-corrected chi connectivity index (χ0v) is 9.45. The average Bonchev–Trinajstić information content (AvgIpc) is 2.18. The zero-order valence-electron chi connectivity index (χ0n) is 9.45. The maximum Gasteiger partial charge on any atom is 0.273 e. The monoisotopic (exact) mass is 242 g/mol. The predicted molar refractivity (Wildman–Crippen MR) is 60.7 cm³/mol. The van der Waals surface area contributed by atoms with Crippen LogP contribution in [0, 0.1) is 10.1 Å². The molecular weight excluding hydrogens is 228 g/mol. The van der Waals surface area contributed by atoms with Gasteiger partial charge in [0.2, 0.25) is 0 Å². The highest BCUT2D eigenvalue weighted by atomic mass is 16.6. The van der Waals surface area contributed by atoms with E-state index >= 15 is 0 Å². The van der Waals surface area contributed by atoms with Crippen LogP contribution in [0.5, 0.6) is 5.75 Å². The van der Waals surface area contributed by atoms with Crippen molar-refractivity contribution in [1.82, 2.24) is 0 Å². The van der Waals surface area contributed by atoms with Crippen molar-refractivity contribution in [3.8, 4) is 5.75 Å². The van der Waals surface area contributed by atoms with Crippen molar-refractivity contribution in [2.75, 3.05) is 5.32 Å². The summed E-state index contributed by atoms with van der Waals surface area (Å²) < 4.78 is 5.01. The van der Waals surface area contributed by atoms with Crippen LogP contribution < -0.4 is 10.1 Å². The smallest absolute Gasteiger partial charge is 0.273 e. The second-order valence-electron chi connectivity index (χ2n) is 3.48. The Balaban J connectivity index is 3.07. The number of hydrogen-bond donors (Lipinski definition) is 3. The van der Waals surface area contributed by atoms with Gasteiger partial charge < -0.3 is 20.3 Å². The van der Waals surface area contributed by atoms with Gasteiger partial charge in [0.1, 0.15) is 6.23 Å². The Bertz CT molecular complexity index is 406. The number of hydrogen-bond acceptors (Lipinski definition) is 6. The summed E-state index contributed by atoms with van der Waals surface area (Å²) in [5.41, 5.74) is 0.211. The minimum Gasteiger partial charge on any atom is -0.463 e. The van der Waals surface area contributed by atoms with E-state index in [0.717, 1.165) is 0 Å². The van der Waals surface area contributed by atoms with E-state index in [1.165, 1.54) is 32.0 Å². The molecule has 0 spiro atoms. The molecule has 0 aromatic heterocycles. The first-order chi connectivity index (χ1) is 7.90. The van der Waals surface area contributed by atoms with E-state index in [9.17, 15) is 15.2 Å². The standard InChI is InChI=1S/C10H14N2O5/c1-6(13)11-9-4-3-8(12(15)16)5-10(9)17-7(2)14/h3-7,11,13-14H,1-2H3. The van der Waals surface area contributed by atoms with E-state index in [1.54, 1.807) is 0 Å². The molecule has 0 radical (unpaired) electrons. The third-order valence-electron chi connectivity index (χ3n) is 1.84. The summed E-state index contributed by atoms with van der Waals surface area (Å²) in [6.07, 6.45) is -1.95. The SMILES string of the molecule is CC(O)Nc1ccc([N+](=O)[O-])cc1OC(C)O. The number of nitro groups is 1. The maximum absolute atomic E-state index is 10.6. The molecule has 0 fully saturated rings. The minimum absolute atomic E-state index is 0.107. The summed E-state index contributed by atoms with van der Waals surface area (Å²) in [7, 11) is 0. The lowest BCUT2D eigenvalue weighted by Crippen LogP contribution is -2.16. The van der Waals surface area contributed by atoms with Crippen LogP contribution in [-0.2, 0) is 0 Å². The number of nitrogens with one attached hydrogen (secondary N) is 1. The third kappa shape index (κ3) is 3.89. The van der Waals surface area contributed by atoms with Crippen LogP contribution >= 0.6 is 0 Å². The molecule has 94 valence electrons. The molecule has 1 aromatic carbocycles. The molecule has 0 saturated heterocycles. The first-order valence-electron chi connectivity index (χ1n) is 4.98. The number of anilines is 1. The van der Waals surface area contributed by atoms with Crippen molar-refractivity contribution in [1.29, 1.82) is 0 Å². The van der Waals surface area contributed by atoms with Crippen molar-refractivity contribution >= 4 is 11.4 Å². The molecule has 1 rings (SSSR count). The van der Waals surface area contributed by atoms with Gasteiger partial charge >= 0.3 is 0 Å². The van der Waals surface area contributed by atoms with Crippen LogP contribution in [0.2, 0.25) is 0 Å². The van der Waals surface area contributed by atoms with E-state index < -0.39 is 17.4 Å². The first-order valence-corrected chi connectivity index (χ1v) is 4.98. The van der Waals surface area contributed by atoms with Gasteiger partial charge in [0, 0.05) is 6.07 Å². The topological polar surface area (TPSA) is 105 Å². The highest BCUT2D eigenvalue weighted by molar-refractivity contribution is 5.60. The molecule has 0 heterocycles. The summed E-state index contributed by atoms with van der Waals surface area (Å²) in [5, 5.41) is 31.5. The Kier molecular flexibility index (Phi) is 4.24. The second-order valence-corrected chi connectivity index (χ2v) is 3.48. The summed E-state index contributed by atoms with van der Waals surface area (Å²) >= 11 is 0. The van der Waals surface area contributed by atoms with Gasteiger partial charge in [-0.3, -0.25) is 10.1 Å². The highest BCUT2D eigenvalue weighted by Gasteiger charge is 2.14. The third-order valence-corrected chi connectivity index (χ3v) is 1.84. The normalized spacial score (nSPS) is 13.9. The van der Waals surface area contributed by atoms with Crippen molar-refractivity contribution in [3.05, 3.63) is 28.3 Å². The van der Waals surface area contributed by atoms with Gasteiger partial charge in [-0.05, 0) is 19.9 Å². The van der Waals surface area contributed by atoms with Gasteiger partial charge in [0.15, 0.2) is 12.0 Å². The van der Waals surface area contributed by atoms with Crippen molar-refractivity contribution < 1.29 is 19.9 Å². The predicted octanol–water partition coefficient (Wildman–Crippen LogP) is 1.06. The number of aliphatic hydroxyl groups is 2. The van der Waals surface area contributed by atoms with Crippen molar-refractivity contribution in [2.24, 2.45) is 0 Å². The van der Waals surface area contributed by atoms with Gasteiger partial charge in [0.25, 0.3) is 5.69 Å². The number of non-ortho nitro benzene ring substituents is 1. The van der Waals surface area contributed by atoms with E-state index in [2.05, 4.69) is 5.32 Å². The number of aliphatic hydroxyl groups excluding tert-OH is 2. The molecule has 0 aliphatic heterocycles. The Morgan fingerprint density at radius 2 is 2.06 bits per heavy atom. The molecule has 1 aromatic rings. The molecule has 0 bridgehead atoms. The summed E-state index contributed by atoms with van der Waals surface area (Å²) in [6, 6.07) is 3.86. The second kappa shape index (κ2) is 5.46. The Morgan fingerprint density at radius 3 is 2.53 bits per heavy atom. The number of nitrogens with zero attached hydrogens (tertiary/aromatic N) is 1. The van der Waals surface area contributed by atoms with Gasteiger partial charge in [0.05, 0.1) is 16.7 Å². The molecule has 7 heteroatoms. The Hall–Kier alpha value is -1.86. The highest BCUT2D eigenvalue weighted by Crippen LogP contribution is 2.30. The molecule has 0 saturated carbocycles. The average molecular weight is 242 g/mol. The number of ether oxygens (including phenoxy) is 1. The lowest BCUT2D eigenvalue weighted by molar-refractivity contribution is -0.385. The number of rotatable bonds is 5. The largest absolute Gasteiger partial charge is 0.463 e. The summed E-state index contributed by atoms with van der Waals surface area (Å²) in [5.74, 6) is 0.107. The Morgan fingerprint density at radius 1 is 1.41 bits per heavy atom. The van der Waals surface area contributed by atoms with Crippen LogP contribution in [0.4, 0.5) is 11.4 Å². The minimum atomic E-state index is -1.11. The van der Waals surface area contributed by atoms with Gasteiger partial charge in [-0.2, -0.15) is 0 Å². The van der Waals surface area contributed by atoms with E-state index in [4.69, 9.17) is 9.84 Å². The fraction of sp³-hybridized carbons (Fsp3) is 0.400. The van der Waals surface area contributed by atoms with Crippen LogP contribution in [0.25, 0.3) is 0 Å². The number of nitro benzene ring substituents is 1. The first kappa shape index (κ1) is 13.2.